The summed E-state index contributed by atoms with van der Waals surface area (Å²) in [5.41, 5.74) is 4.95. The van der Waals surface area contributed by atoms with Crippen molar-refractivity contribution >= 4 is 33.0 Å². The summed E-state index contributed by atoms with van der Waals surface area (Å²) in [6, 6.07) is 20.1. The van der Waals surface area contributed by atoms with Crippen LogP contribution in [-0.4, -0.2) is 20.0 Å². The largest absolute Gasteiger partial charge is 0.272 e. The van der Waals surface area contributed by atoms with E-state index in [1.165, 1.54) is 11.4 Å². The number of nitrogens with one attached hydrogen (secondary N) is 1. The zero-order valence-corrected chi connectivity index (χ0v) is 15.1. The quantitative estimate of drug-likeness (QED) is 0.521. The molecule has 8 heteroatoms. The van der Waals surface area contributed by atoms with Crippen LogP contribution >= 0.6 is 11.3 Å². The monoisotopic (exact) mass is 385 g/mol. The third-order valence-electron chi connectivity index (χ3n) is 3.48. The van der Waals surface area contributed by atoms with Crippen LogP contribution in [0.1, 0.15) is 21.5 Å². The minimum absolute atomic E-state index is 0.0713. The Morgan fingerprint density at radius 3 is 1.92 bits per heavy atom. The molecule has 3 aromatic rings. The maximum Gasteiger partial charge on any atom is 0.272 e. The minimum atomic E-state index is -3.83. The Labute approximate surface area is 155 Å². The molecular formula is C18H15N3O3S2. The first-order valence-corrected chi connectivity index (χ1v) is 9.98. The lowest BCUT2D eigenvalue weighted by atomic mass is 10.0. The Balaban J connectivity index is 1.89. The van der Waals surface area contributed by atoms with Gasteiger partial charge >= 0.3 is 0 Å². The van der Waals surface area contributed by atoms with E-state index in [1.54, 1.807) is 0 Å². The SMILES string of the molecule is NS(=O)(=O)c1cc(C(=O)NN=C(c2ccccc2)c2ccccc2)cs1. The van der Waals surface area contributed by atoms with Gasteiger partial charge in [0, 0.05) is 16.5 Å². The van der Waals surface area contributed by atoms with E-state index in [9.17, 15) is 13.2 Å². The number of rotatable bonds is 5. The fourth-order valence-corrected chi connectivity index (χ4v) is 3.83. The number of benzene rings is 2. The summed E-state index contributed by atoms with van der Waals surface area (Å²) in [4.78, 5) is 12.3. The van der Waals surface area contributed by atoms with E-state index < -0.39 is 15.9 Å². The number of primary sulfonamides is 1. The van der Waals surface area contributed by atoms with Gasteiger partial charge in [0.05, 0.1) is 11.3 Å². The van der Waals surface area contributed by atoms with Crippen molar-refractivity contribution in [3.8, 4) is 0 Å². The topological polar surface area (TPSA) is 102 Å². The molecule has 0 bridgehead atoms. The van der Waals surface area contributed by atoms with Gasteiger partial charge in [-0.2, -0.15) is 5.10 Å². The third-order valence-corrected chi connectivity index (χ3v) is 5.87. The molecule has 0 atom stereocenters. The highest BCUT2D eigenvalue weighted by atomic mass is 32.2. The summed E-state index contributed by atoms with van der Waals surface area (Å²) >= 11 is 0.890. The van der Waals surface area contributed by atoms with E-state index in [0.717, 1.165) is 22.5 Å². The van der Waals surface area contributed by atoms with E-state index in [-0.39, 0.29) is 9.77 Å². The van der Waals surface area contributed by atoms with Crippen LogP contribution < -0.4 is 10.6 Å². The second kappa shape index (κ2) is 7.61. The van der Waals surface area contributed by atoms with Gasteiger partial charge < -0.3 is 0 Å². The Kier molecular flexibility index (Phi) is 5.27. The summed E-state index contributed by atoms with van der Waals surface area (Å²) in [6.07, 6.45) is 0. The average molecular weight is 385 g/mol. The summed E-state index contributed by atoms with van der Waals surface area (Å²) in [7, 11) is -3.83. The molecule has 0 aliphatic heterocycles. The van der Waals surface area contributed by atoms with E-state index in [2.05, 4.69) is 10.5 Å². The number of hydrogen-bond acceptors (Lipinski definition) is 5. The number of nitrogens with zero attached hydrogens (tertiary/aromatic N) is 1. The zero-order chi connectivity index (χ0) is 18.6. The van der Waals surface area contributed by atoms with Crippen molar-refractivity contribution < 1.29 is 13.2 Å². The molecule has 132 valence electrons. The second-order valence-electron chi connectivity index (χ2n) is 5.33. The molecule has 1 amide bonds. The van der Waals surface area contributed by atoms with E-state index in [0.29, 0.717) is 5.71 Å². The van der Waals surface area contributed by atoms with Crippen molar-refractivity contribution in [2.24, 2.45) is 10.2 Å². The van der Waals surface area contributed by atoms with Crippen molar-refractivity contribution in [3.63, 3.8) is 0 Å². The van der Waals surface area contributed by atoms with E-state index >= 15 is 0 Å². The van der Waals surface area contributed by atoms with Gasteiger partial charge in [0.15, 0.2) is 0 Å². The number of hydrazone groups is 1. The number of thiophene rings is 1. The normalized spacial score (nSPS) is 11.0. The Morgan fingerprint density at radius 2 is 1.46 bits per heavy atom. The van der Waals surface area contributed by atoms with Crippen molar-refractivity contribution in [1.29, 1.82) is 0 Å². The predicted octanol–water partition coefficient (Wildman–Crippen LogP) is 2.58. The van der Waals surface area contributed by atoms with Gasteiger partial charge in [-0.05, 0) is 6.07 Å². The first-order valence-electron chi connectivity index (χ1n) is 7.55. The van der Waals surface area contributed by atoms with Crippen LogP contribution in [0.4, 0.5) is 0 Å². The maximum atomic E-state index is 12.3. The van der Waals surface area contributed by atoms with Crippen molar-refractivity contribution in [2.45, 2.75) is 4.21 Å². The van der Waals surface area contributed by atoms with Gasteiger partial charge in [-0.15, -0.1) is 11.3 Å². The third kappa shape index (κ3) is 4.23. The summed E-state index contributed by atoms with van der Waals surface area (Å²) < 4.78 is 22.6. The number of nitrogens with two attached hydrogens (primary N) is 1. The number of amides is 1. The second-order valence-corrected chi connectivity index (χ2v) is 8.03. The van der Waals surface area contributed by atoms with Crippen molar-refractivity contribution in [3.05, 3.63) is 88.8 Å². The molecule has 2 aromatic carbocycles. The van der Waals surface area contributed by atoms with Gasteiger partial charge in [-0.1, -0.05) is 60.7 Å². The molecule has 3 rings (SSSR count). The molecule has 0 saturated carbocycles. The van der Waals surface area contributed by atoms with Crippen LogP contribution in [0.25, 0.3) is 0 Å². The molecule has 0 unspecified atom stereocenters. The molecule has 0 aliphatic carbocycles. The van der Waals surface area contributed by atoms with Gasteiger partial charge in [0.25, 0.3) is 5.91 Å². The van der Waals surface area contributed by atoms with E-state index in [4.69, 9.17) is 5.14 Å². The lowest BCUT2D eigenvalue weighted by Gasteiger charge is -2.07. The molecule has 0 saturated heterocycles. The Morgan fingerprint density at radius 1 is 0.923 bits per heavy atom. The summed E-state index contributed by atoms with van der Waals surface area (Å²) in [5, 5.41) is 10.7. The highest BCUT2D eigenvalue weighted by molar-refractivity contribution is 7.91. The summed E-state index contributed by atoms with van der Waals surface area (Å²) in [6.45, 7) is 0. The first kappa shape index (κ1) is 18.0. The first-order chi connectivity index (χ1) is 12.4. The van der Waals surface area contributed by atoms with Crippen LogP contribution in [0, 0.1) is 0 Å². The smallest absolute Gasteiger partial charge is 0.267 e. The molecule has 0 aliphatic rings. The fraction of sp³-hybridized carbons (Fsp3) is 0. The molecular weight excluding hydrogens is 370 g/mol. The minimum Gasteiger partial charge on any atom is -0.267 e. The highest BCUT2D eigenvalue weighted by Crippen LogP contribution is 2.18. The number of carbonyl (C=O) groups is 1. The van der Waals surface area contributed by atoms with Crippen LogP contribution in [0.5, 0.6) is 0 Å². The average Bonchev–Trinajstić information content (AvgIpc) is 3.14. The maximum absolute atomic E-state index is 12.3. The lowest BCUT2D eigenvalue weighted by Crippen LogP contribution is -2.20. The lowest BCUT2D eigenvalue weighted by molar-refractivity contribution is 0.0955. The van der Waals surface area contributed by atoms with Crippen LogP contribution in [0.15, 0.2) is 81.4 Å². The predicted molar refractivity (Wildman–Crippen MR) is 102 cm³/mol. The Hall–Kier alpha value is -2.81. The van der Waals surface area contributed by atoms with Gasteiger partial charge in [-0.3, -0.25) is 4.79 Å². The van der Waals surface area contributed by atoms with Crippen LogP contribution in [0.3, 0.4) is 0 Å². The van der Waals surface area contributed by atoms with Crippen molar-refractivity contribution in [1.82, 2.24) is 5.43 Å². The van der Waals surface area contributed by atoms with Crippen LogP contribution in [0.2, 0.25) is 0 Å². The molecule has 3 N–H and O–H groups in total. The molecule has 1 heterocycles. The molecule has 26 heavy (non-hydrogen) atoms. The molecule has 6 nitrogen and oxygen atoms in total. The Bertz CT molecular complexity index is 1000. The van der Waals surface area contributed by atoms with Gasteiger partial charge in [0.2, 0.25) is 10.0 Å². The van der Waals surface area contributed by atoms with Crippen LogP contribution in [-0.2, 0) is 10.0 Å². The molecule has 0 fully saturated rings. The van der Waals surface area contributed by atoms with Gasteiger partial charge in [0.1, 0.15) is 4.21 Å². The number of carbonyl (C=O) groups excluding carboxylic acids is 1. The standard InChI is InChI=1S/C18H15N3O3S2/c19-26(23,24)16-11-15(12-25-16)18(22)21-20-17(13-7-3-1-4-8-13)14-9-5-2-6-10-14/h1-12H,(H,21,22)(H2,19,23,24). The molecule has 1 aromatic heterocycles. The number of hydrogen-bond donors (Lipinski definition) is 2. The summed E-state index contributed by atoms with van der Waals surface area (Å²) in [5.74, 6) is -0.513. The zero-order valence-electron chi connectivity index (χ0n) is 13.5. The fourth-order valence-electron chi connectivity index (χ4n) is 2.24. The molecule has 0 spiro atoms. The van der Waals surface area contributed by atoms with E-state index in [1.807, 2.05) is 60.7 Å². The molecule has 0 radical (unpaired) electrons. The number of sulfonamides is 1. The van der Waals surface area contributed by atoms with Crippen molar-refractivity contribution in [2.75, 3.05) is 0 Å². The highest BCUT2D eigenvalue weighted by Gasteiger charge is 2.15. The van der Waals surface area contributed by atoms with Gasteiger partial charge in [-0.25, -0.2) is 19.0 Å².